The molecular weight excluding hydrogens is 88.1 g/mol. The molecule has 0 aromatic rings. The van der Waals surface area contributed by atoms with Gasteiger partial charge in [-0.3, -0.25) is 0 Å². The highest BCUT2D eigenvalue weighted by Crippen LogP contribution is 2.07. The predicted molar refractivity (Wildman–Crippen MR) is 29.4 cm³/mol. The Hall–Kier alpha value is -0.0400. The summed E-state index contributed by atoms with van der Waals surface area (Å²) in [6, 6.07) is 0. The highest BCUT2D eigenvalue weighted by Gasteiger charge is 1.99. The second kappa shape index (κ2) is 4.13. The quantitative estimate of drug-likeness (QED) is 0.515. The largest absolute Gasteiger partial charge is 0.236 e. The average Bonchev–Trinajstić information content (AvgIpc) is 1.72. The van der Waals surface area contributed by atoms with Gasteiger partial charge in [-0.2, -0.15) is 0 Å². The van der Waals surface area contributed by atoms with Crippen molar-refractivity contribution in [2.45, 2.75) is 26.7 Å². The third-order valence-electron chi connectivity index (χ3n) is 1.20. The molecule has 0 aromatic heterocycles. The lowest BCUT2D eigenvalue weighted by Gasteiger charge is -2.02. The van der Waals surface area contributed by atoms with Gasteiger partial charge < -0.3 is 0 Å². The summed E-state index contributed by atoms with van der Waals surface area (Å²) in [4.78, 5) is 0. The van der Waals surface area contributed by atoms with Gasteiger partial charge in [0.2, 0.25) is 0 Å². The van der Waals surface area contributed by atoms with Crippen LogP contribution in [0.3, 0.4) is 0 Å². The van der Waals surface area contributed by atoms with E-state index in [1.807, 2.05) is 13.8 Å². The van der Waals surface area contributed by atoms with Crippen LogP contribution >= 0.6 is 0 Å². The second-order valence-electron chi connectivity index (χ2n) is 1.60. The average molecular weight is 100 g/mol. The van der Waals surface area contributed by atoms with Crippen LogP contribution in [-0.4, -0.2) is 6.61 Å². The lowest BCUT2D eigenvalue weighted by molar-refractivity contribution is 0.199. The van der Waals surface area contributed by atoms with Gasteiger partial charge in [0.05, 0.1) is 6.61 Å². The summed E-state index contributed by atoms with van der Waals surface area (Å²) in [6.45, 7) is 4.07. The van der Waals surface area contributed by atoms with E-state index in [-0.39, 0.29) is 6.61 Å². The minimum Gasteiger partial charge on any atom is -0.236 e. The SMILES string of the molecule is CC[C](CC)C[O]. The summed E-state index contributed by atoms with van der Waals surface area (Å²) < 4.78 is 0. The molecule has 0 saturated carbocycles. The van der Waals surface area contributed by atoms with Crippen molar-refractivity contribution in [3.8, 4) is 0 Å². The third kappa shape index (κ3) is 2.63. The minimum absolute atomic E-state index is 0.0208. The minimum atomic E-state index is 0.0208. The van der Waals surface area contributed by atoms with Gasteiger partial charge in [-0.1, -0.05) is 13.8 Å². The van der Waals surface area contributed by atoms with Gasteiger partial charge in [0.15, 0.2) is 0 Å². The van der Waals surface area contributed by atoms with Gasteiger partial charge in [-0.25, -0.2) is 5.11 Å². The van der Waals surface area contributed by atoms with Crippen molar-refractivity contribution in [2.24, 2.45) is 0 Å². The molecule has 0 amide bonds. The van der Waals surface area contributed by atoms with E-state index in [9.17, 15) is 5.11 Å². The van der Waals surface area contributed by atoms with Crippen molar-refractivity contribution in [1.29, 1.82) is 0 Å². The van der Waals surface area contributed by atoms with E-state index in [2.05, 4.69) is 0 Å². The molecule has 0 aromatic carbocycles. The highest BCUT2D eigenvalue weighted by molar-refractivity contribution is 4.84. The van der Waals surface area contributed by atoms with Crippen molar-refractivity contribution in [3.63, 3.8) is 0 Å². The first kappa shape index (κ1) is 6.96. The van der Waals surface area contributed by atoms with Crippen LogP contribution in [0.5, 0.6) is 0 Å². The summed E-state index contributed by atoms with van der Waals surface area (Å²) in [6.07, 6.45) is 1.92. The van der Waals surface area contributed by atoms with Crippen LogP contribution in [-0.2, 0) is 5.11 Å². The topological polar surface area (TPSA) is 19.9 Å². The Bertz CT molecular complexity index is 25.7. The molecule has 42 valence electrons. The highest BCUT2D eigenvalue weighted by atomic mass is 16.3. The first-order chi connectivity index (χ1) is 3.35. The second-order valence-corrected chi connectivity index (χ2v) is 1.60. The van der Waals surface area contributed by atoms with Crippen LogP contribution in [0.4, 0.5) is 0 Å². The van der Waals surface area contributed by atoms with E-state index in [0.29, 0.717) is 0 Å². The first-order valence-electron chi connectivity index (χ1n) is 2.76. The summed E-state index contributed by atoms with van der Waals surface area (Å²) in [7, 11) is 0. The van der Waals surface area contributed by atoms with E-state index >= 15 is 0 Å². The maximum atomic E-state index is 10.1. The molecule has 0 fully saturated rings. The van der Waals surface area contributed by atoms with Crippen LogP contribution in [0, 0.1) is 5.92 Å². The fraction of sp³-hybridized carbons (Fsp3) is 0.833. The molecule has 0 spiro atoms. The molecular formula is C6H12O. The van der Waals surface area contributed by atoms with Gasteiger partial charge in [0.1, 0.15) is 0 Å². The van der Waals surface area contributed by atoms with Crippen LogP contribution in [0.25, 0.3) is 0 Å². The Labute approximate surface area is 45.4 Å². The zero-order valence-corrected chi connectivity index (χ0v) is 5.03. The molecule has 0 aliphatic rings. The fourth-order valence-corrected chi connectivity index (χ4v) is 0.454. The molecule has 0 atom stereocenters. The van der Waals surface area contributed by atoms with Crippen LogP contribution in [0.2, 0.25) is 0 Å². The van der Waals surface area contributed by atoms with E-state index in [1.54, 1.807) is 0 Å². The van der Waals surface area contributed by atoms with Crippen LogP contribution < -0.4 is 0 Å². The molecule has 0 rings (SSSR count). The standard InChI is InChI=1S/C6H12O/c1-3-6(4-2)5-7/h3-5H2,1-2H3. The van der Waals surface area contributed by atoms with Gasteiger partial charge in [-0.15, -0.1) is 0 Å². The summed E-state index contributed by atoms with van der Waals surface area (Å²) in [5.74, 6) is 1.13. The zero-order chi connectivity index (χ0) is 5.70. The zero-order valence-electron chi connectivity index (χ0n) is 5.03. The molecule has 0 N–H and O–H groups in total. The molecule has 1 nitrogen and oxygen atoms in total. The van der Waals surface area contributed by atoms with Crippen molar-refractivity contribution in [2.75, 3.05) is 6.61 Å². The maximum Gasteiger partial charge on any atom is 0.0884 e. The first-order valence-corrected chi connectivity index (χ1v) is 2.76. The van der Waals surface area contributed by atoms with Gasteiger partial charge in [0, 0.05) is 5.92 Å². The molecule has 0 aliphatic carbocycles. The van der Waals surface area contributed by atoms with E-state index in [0.717, 1.165) is 18.8 Å². The Morgan fingerprint density at radius 1 is 1.29 bits per heavy atom. The van der Waals surface area contributed by atoms with Crippen molar-refractivity contribution in [3.05, 3.63) is 5.92 Å². The molecule has 0 aliphatic heterocycles. The Kier molecular flexibility index (Phi) is 4.10. The molecule has 0 bridgehead atoms. The lowest BCUT2D eigenvalue weighted by atomic mass is 10.1. The molecule has 0 unspecified atom stereocenters. The molecule has 0 heterocycles. The Balaban J connectivity index is 2.99. The van der Waals surface area contributed by atoms with Crippen molar-refractivity contribution in [1.82, 2.24) is 0 Å². The van der Waals surface area contributed by atoms with Crippen molar-refractivity contribution >= 4 is 0 Å². The molecule has 2 radical (unpaired) electrons. The van der Waals surface area contributed by atoms with E-state index in [1.165, 1.54) is 0 Å². The van der Waals surface area contributed by atoms with Crippen molar-refractivity contribution < 1.29 is 5.11 Å². The van der Waals surface area contributed by atoms with Gasteiger partial charge >= 0.3 is 0 Å². The lowest BCUT2D eigenvalue weighted by Crippen LogP contribution is -1.96. The van der Waals surface area contributed by atoms with Gasteiger partial charge in [-0.05, 0) is 12.8 Å². The fourth-order valence-electron chi connectivity index (χ4n) is 0.454. The summed E-state index contributed by atoms with van der Waals surface area (Å²) in [5.41, 5.74) is 0. The number of rotatable bonds is 3. The maximum absolute atomic E-state index is 10.1. The molecule has 7 heavy (non-hydrogen) atoms. The Morgan fingerprint density at radius 2 is 1.71 bits per heavy atom. The predicted octanol–water partition coefficient (Wildman–Crippen LogP) is 1.81. The Morgan fingerprint density at radius 3 is 1.71 bits per heavy atom. The van der Waals surface area contributed by atoms with E-state index in [4.69, 9.17) is 0 Å². The molecule has 0 saturated heterocycles. The number of hydrogen-bond donors (Lipinski definition) is 0. The van der Waals surface area contributed by atoms with Gasteiger partial charge in [0.25, 0.3) is 0 Å². The smallest absolute Gasteiger partial charge is 0.0884 e. The van der Waals surface area contributed by atoms with Crippen LogP contribution in [0.1, 0.15) is 26.7 Å². The summed E-state index contributed by atoms with van der Waals surface area (Å²) in [5, 5.41) is 10.1. The monoisotopic (exact) mass is 100 g/mol. The normalized spacial score (nSPS) is 10.3. The summed E-state index contributed by atoms with van der Waals surface area (Å²) >= 11 is 0. The number of hydrogen-bond acceptors (Lipinski definition) is 0. The van der Waals surface area contributed by atoms with E-state index < -0.39 is 0 Å². The van der Waals surface area contributed by atoms with Crippen LogP contribution in [0.15, 0.2) is 0 Å². The third-order valence-corrected chi connectivity index (χ3v) is 1.20. The molecule has 1 heteroatoms.